The van der Waals surface area contributed by atoms with E-state index in [9.17, 15) is 51.9 Å². The zero-order valence-corrected chi connectivity index (χ0v) is 53.5. The van der Waals surface area contributed by atoms with E-state index in [0.717, 1.165) is 75.0 Å². The van der Waals surface area contributed by atoms with Gasteiger partial charge in [-0.2, -0.15) is 8.42 Å². The van der Waals surface area contributed by atoms with Gasteiger partial charge in [0.25, 0.3) is 10.1 Å². The third kappa shape index (κ3) is 14.7. The third-order valence-electron chi connectivity index (χ3n) is 21.8. The van der Waals surface area contributed by atoms with Gasteiger partial charge in [0.1, 0.15) is 42.2 Å². The topological polar surface area (TPSA) is 274 Å². The van der Waals surface area contributed by atoms with E-state index in [1.54, 1.807) is 13.8 Å². The monoisotopic (exact) mass is 1250 g/mol. The second kappa shape index (κ2) is 26.4. The van der Waals surface area contributed by atoms with Gasteiger partial charge < -0.3 is 43.0 Å². The van der Waals surface area contributed by atoms with Gasteiger partial charge in [0.15, 0.2) is 13.2 Å². The van der Waals surface area contributed by atoms with Gasteiger partial charge in [0, 0.05) is 40.5 Å². The maximum Gasteiger partial charge on any atom is 0.344 e. The molecule has 0 aromatic heterocycles. The van der Waals surface area contributed by atoms with Crippen LogP contribution >= 0.6 is 0 Å². The number of carbonyl (C=O) groups is 8. The summed E-state index contributed by atoms with van der Waals surface area (Å²) in [5, 5.41) is 10.0. The number of aliphatic hydroxyl groups is 1. The van der Waals surface area contributed by atoms with E-state index in [1.807, 2.05) is 6.92 Å². The maximum atomic E-state index is 12.2. The van der Waals surface area contributed by atoms with Crippen LogP contribution in [0.4, 0.5) is 0 Å². The molecule has 1 heterocycles. The van der Waals surface area contributed by atoms with Crippen LogP contribution in [0.15, 0.2) is 48.6 Å². The SMILES string of the molecule is C=C(C)C(=O)OC1(C(C)C)C2CC3CC(C2)CC1C3.C=C(C)C(=O)OC12CC3CC(CC(O)(C3)C1)C2.C=C(C)C(=O)OCC(=O)OCC(=O)OC1(C)C2CC3CC(C2)CC1C3.C=C(C)C(=O)OCCOC(=O)CCC(=O)OC1C2CC3C1OS(=O)(=O)C3C2. The first kappa shape index (κ1) is 67.0. The lowest BCUT2D eigenvalue weighted by Gasteiger charge is -2.61. The van der Waals surface area contributed by atoms with Crippen LogP contribution in [-0.4, -0.2) is 128 Å². The summed E-state index contributed by atoms with van der Waals surface area (Å²) in [5.41, 5.74) is -0.181. The van der Waals surface area contributed by atoms with Crippen molar-refractivity contribution in [2.75, 3.05) is 26.4 Å². The fourth-order valence-electron chi connectivity index (χ4n) is 18.9. The zero-order valence-electron chi connectivity index (χ0n) is 52.6. The Morgan fingerprint density at radius 3 is 1.50 bits per heavy atom. The fraction of sp³-hybridized carbons (Fsp3) is 0.761. The molecular formula is C67H94O20S. The molecule has 1 saturated heterocycles. The molecule has 88 heavy (non-hydrogen) atoms. The Balaban J connectivity index is 0.000000142. The van der Waals surface area contributed by atoms with Crippen molar-refractivity contribution in [3.05, 3.63) is 48.6 Å². The van der Waals surface area contributed by atoms with Crippen molar-refractivity contribution in [1.29, 1.82) is 0 Å². The summed E-state index contributed by atoms with van der Waals surface area (Å²) >= 11 is 0. The Hall–Kier alpha value is -5.41. The van der Waals surface area contributed by atoms with E-state index in [0.29, 0.717) is 71.8 Å². The number of ether oxygens (including phenoxy) is 8. The average molecular weight is 1250 g/mol. The first-order valence-corrected chi connectivity index (χ1v) is 33.6. The van der Waals surface area contributed by atoms with Crippen LogP contribution in [0, 0.1) is 76.9 Å². The highest BCUT2D eigenvalue weighted by Crippen LogP contribution is 2.63. The predicted molar refractivity (Wildman–Crippen MR) is 317 cm³/mol. The van der Waals surface area contributed by atoms with Gasteiger partial charge >= 0.3 is 47.8 Å². The maximum absolute atomic E-state index is 12.2. The Labute approximate surface area is 518 Å². The molecule has 1 N–H and O–H groups in total. The quantitative estimate of drug-likeness (QED) is 0.0415. The highest BCUT2D eigenvalue weighted by atomic mass is 32.2. The summed E-state index contributed by atoms with van der Waals surface area (Å²) in [6.07, 6.45) is 17.5. The lowest BCUT2D eigenvalue weighted by atomic mass is 9.47. The van der Waals surface area contributed by atoms with Gasteiger partial charge in [0.2, 0.25) is 0 Å². The molecule has 0 radical (unpaired) electrons. The second-order valence-electron chi connectivity index (χ2n) is 29.1. The Kier molecular flexibility index (Phi) is 20.1. The van der Waals surface area contributed by atoms with Crippen LogP contribution in [0.2, 0.25) is 0 Å². The van der Waals surface area contributed by atoms with Gasteiger partial charge in [-0.05, 0) is 209 Å². The molecule has 1 aliphatic heterocycles. The molecule has 7 unspecified atom stereocenters. The van der Waals surface area contributed by atoms with Crippen molar-refractivity contribution in [1.82, 2.24) is 0 Å². The van der Waals surface area contributed by atoms with Crippen LogP contribution in [0.3, 0.4) is 0 Å². The van der Waals surface area contributed by atoms with E-state index >= 15 is 0 Å². The molecule has 7 atom stereocenters. The molecule has 488 valence electrons. The molecular weight excluding hydrogens is 1160 g/mol. The van der Waals surface area contributed by atoms with Gasteiger partial charge in [-0.15, -0.1) is 0 Å². The molecule has 14 bridgehead atoms. The van der Waals surface area contributed by atoms with Crippen molar-refractivity contribution < 1.29 is 94.0 Å². The molecule has 21 heteroatoms. The minimum Gasteiger partial charge on any atom is -0.462 e. The molecule has 15 fully saturated rings. The molecule has 20 nitrogen and oxygen atoms in total. The van der Waals surface area contributed by atoms with Gasteiger partial charge in [-0.25, -0.2) is 28.8 Å². The highest BCUT2D eigenvalue weighted by molar-refractivity contribution is 7.87. The van der Waals surface area contributed by atoms with E-state index in [4.69, 9.17) is 37.3 Å². The molecule has 0 amide bonds. The normalized spacial score (nSPS) is 38.3. The predicted octanol–water partition coefficient (Wildman–Crippen LogP) is 9.03. The molecule has 15 rings (SSSR count). The van der Waals surface area contributed by atoms with Crippen molar-refractivity contribution in [3.63, 3.8) is 0 Å². The van der Waals surface area contributed by atoms with Gasteiger partial charge in [-0.3, -0.25) is 13.8 Å². The van der Waals surface area contributed by atoms with E-state index in [1.165, 1.54) is 58.8 Å². The third-order valence-corrected chi connectivity index (χ3v) is 23.6. The largest absolute Gasteiger partial charge is 0.462 e. The van der Waals surface area contributed by atoms with Crippen molar-refractivity contribution in [2.24, 2.45) is 76.9 Å². The van der Waals surface area contributed by atoms with Crippen LogP contribution in [-0.2, 0) is 90.6 Å². The first-order chi connectivity index (χ1) is 41.3. The number of esters is 8. The number of carbonyl (C=O) groups excluding carboxylic acids is 8. The van der Waals surface area contributed by atoms with E-state index < -0.39 is 93.4 Å². The van der Waals surface area contributed by atoms with E-state index in [-0.39, 0.29) is 66.6 Å². The van der Waals surface area contributed by atoms with Crippen molar-refractivity contribution >= 4 is 57.9 Å². The lowest BCUT2D eigenvalue weighted by molar-refractivity contribution is -0.221. The summed E-state index contributed by atoms with van der Waals surface area (Å²) in [6, 6.07) is 0. The van der Waals surface area contributed by atoms with Crippen LogP contribution in [0.1, 0.15) is 177 Å². The van der Waals surface area contributed by atoms with E-state index in [2.05, 4.69) is 44.9 Å². The number of hydrogen-bond acceptors (Lipinski definition) is 20. The Morgan fingerprint density at radius 2 is 0.989 bits per heavy atom. The number of rotatable bonds is 19. The Morgan fingerprint density at radius 1 is 0.523 bits per heavy atom. The minimum absolute atomic E-state index is 0.0128. The minimum atomic E-state index is -3.56. The van der Waals surface area contributed by atoms with Crippen molar-refractivity contribution in [3.8, 4) is 0 Å². The zero-order chi connectivity index (χ0) is 64.0. The Bertz CT molecular complexity index is 2830. The molecule has 0 aromatic rings. The lowest BCUT2D eigenvalue weighted by Crippen LogP contribution is -2.62. The average Bonchev–Trinajstić information content (AvgIpc) is 1.09. The van der Waals surface area contributed by atoms with Crippen molar-refractivity contribution in [2.45, 2.75) is 217 Å². The first-order valence-electron chi connectivity index (χ1n) is 32.1. The summed E-state index contributed by atoms with van der Waals surface area (Å²) in [4.78, 5) is 93.5. The summed E-state index contributed by atoms with van der Waals surface area (Å²) in [7, 11) is -3.56. The fourth-order valence-corrected chi connectivity index (χ4v) is 20.7. The highest BCUT2D eigenvalue weighted by Gasteiger charge is 2.66. The molecule has 0 spiro atoms. The van der Waals surface area contributed by atoms with Crippen LogP contribution in [0.25, 0.3) is 0 Å². The van der Waals surface area contributed by atoms with Gasteiger partial charge in [0.05, 0.1) is 23.7 Å². The summed E-state index contributed by atoms with van der Waals surface area (Å²) < 4.78 is 71.0. The van der Waals surface area contributed by atoms with Crippen LogP contribution < -0.4 is 0 Å². The molecule has 14 aliphatic carbocycles. The summed E-state index contributed by atoms with van der Waals surface area (Å²) in [6.45, 7) is 25.9. The van der Waals surface area contributed by atoms with Gasteiger partial charge in [-0.1, -0.05) is 40.2 Å². The summed E-state index contributed by atoms with van der Waals surface area (Å²) in [5.74, 6) is 2.52. The number of fused-ring (bicyclic) bond motifs is 1. The molecule has 15 aliphatic rings. The second-order valence-corrected chi connectivity index (χ2v) is 30.9. The standard InChI is InChI=1S/C19H26O6.C17H22O9S.C17H26O2.C14H20O3/c1-11(2)18(22)24-9-16(20)23-10-17(21)25-19(3)14-5-12-4-13(7-14)8-15(19)6-12;1-9(2)17(20)24-6-5-23-13(18)3-4-14(19)25-15-10-7-11-12(8-10)27(21,22)26-16(11)15;1-10(2)16(18)19-17(11(3)4)14-6-12-5-13(8-14)9-15(17)7-12;1-9(2)12(15)17-14-6-10-3-11(7-14)5-13(16,4-10)8-14/h12-15H,1,4-10H2,2-3H3;10-12,15-16H,1,3-8H2,2H3;11-15H,1,5-9H2,2-4H3;10-11,16H,1,3-8H2,2H3. The number of hydrogen-bond donors (Lipinski definition) is 1. The molecule has 14 saturated carbocycles. The smallest absolute Gasteiger partial charge is 0.344 e. The molecule has 0 aromatic carbocycles. The van der Waals surface area contributed by atoms with Crippen LogP contribution in [0.5, 0.6) is 0 Å².